The van der Waals surface area contributed by atoms with E-state index in [0.717, 1.165) is 25.7 Å². The molecule has 128 valence electrons. The smallest absolute Gasteiger partial charge is 0.243 e. The summed E-state index contributed by atoms with van der Waals surface area (Å²) in [5, 5.41) is 18.7. The van der Waals surface area contributed by atoms with Gasteiger partial charge < -0.3 is 5.11 Å². The molecule has 0 atom stereocenters. The van der Waals surface area contributed by atoms with Crippen LogP contribution >= 0.6 is 24.4 Å². The van der Waals surface area contributed by atoms with E-state index < -0.39 is 11.8 Å². The van der Waals surface area contributed by atoms with Crippen molar-refractivity contribution in [1.29, 1.82) is 0 Å². The molecule has 8 heteroatoms. The molecule has 23 heavy (non-hydrogen) atoms. The maximum atomic E-state index is 11.9. The Morgan fingerprint density at radius 2 is 1.61 bits per heavy atom. The van der Waals surface area contributed by atoms with Crippen LogP contribution in [0, 0.1) is 10.8 Å². The molecule has 0 aromatic heterocycles. The van der Waals surface area contributed by atoms with E-state index in [4.69, 9.17) is 24.4 Å². The predicted octanol–water partition coefficient (Wildman–Crippen LogP) is 1.20. The topological polar surface area (TPSA) is 71.0 Å². The van der Waals surface area contributed by atoms with Crippen molar-refractivity contribution in [3.05, 3.63) is 0 Å². The third-order valence-corrected chi connectivity index (χ3v) is 6.02. The lowest BCUT2D eigenvalue weighted by Gasteiger charge is -2.26. The van der Waals surface area contributed by atoms with E-state index in [-0.39, 0.29) is 17.3 Å². The molecule has 6 nitrogen and oxygen atoms in total. The maximum Gasteiger partial charge on any atom is 0.243 e. The van der Waals surface area contributed by atoms with Crippen LogP contribution in [0.3, 0.4) is 0 Å². The van der Waals surface area contributed by atoms with Gasteiger partial charge in [-0.3, -0.25) is 20.2 Å². The third kappa shape index (κ3) is 4.38. The maximum absolute atomic E-state index is 11.9. The molecule has 0 aromatic rings. The first kappa shape index (κ1) is 18.1. The second-order valence-corrected chi connectivity index (χ2v) is 7.79. The predicted molar refractivity (Wildman–Crippen MR) is 95.6 cm³/mol. The summed E-state index contributed by atoms with van der Waals surface area (Å²) in [6.45, 7) is 4.11. The first-order valence-corrected chi connectivity index (χ1v) is 8.49. The summed E-state index contributed by atoms with van der Waals surface area (Å²) in [5.41, 5.74) is 2.60. The molecule has 2 rings (SSSR count). The zero-order chi connectivity index (χ0) is 17.4. The van der Waals surface area contributed by atoms with Crippen molar-refractivity contribution >= 4 is 46.2 Å². The van der Waals surface area contributed by atoms with Crippen molar-refractivity contribution in [3.8, 4) is 0 Å². The quantitative estimate of drug-likeness (QED) is 0.346. The van der Waals surface area contributed by atoms with E-state index in [9.17, 15) is 9.90 Å². The minimum Gasteiger partial charge on any atom is -0.860 e. The molecule has 0 radical (unpaired) electrons. The number of carbonyl (C=O) groups is 1. The summed E-state index contributed by atoms with van der Waals surface area (Å²) >= 11 is 10.7. The molecule has 1 N–H and O–H groups in total. The number of hydrazone groups is 1. The summed E-state index contributed by atoms with van der Waals surface area (Å²) in [4.78, 5) is 13.3. The van der Waals surface area contributed by atoms with Gasteiger partial charge in [0.25, 0.3) is 0 Å². The van der Waals surface area contributed by atoms with E-state index in [0.29, 0.717) is 9.98 Å². The van der Waals surface area contributed by atoms with E-state index >= 15 is 0 Å². The van der Waals surface area contributed by atoms with Gasteiger partial charge in [-0.2, -0.15) is 5.10 Å². The molecule has 0 aromatic carbocycles. The highest BCUT2D eigenvalue weighted by Crippen LogP contribution is 2.47. The van der Waals surface area contributed by atoms with Crippen molar-refractivity contribution < 1.29 is 9.90 Å². The Hall–Kier alpha value is -1.28. The van der Waals surface area contributed by atoms with Crippen LogP contribution in [0.25, 0.3) is 0 Å². The summed E-state index contributed by atoms with van der Waals surface area (Å²) in [7, 11) is 3.34. The average molecular weight is 356 g/mol. The Balaban J connectivity index is 1.83. The van der Waals surface area contributed by atoms with Gasteiger partial charge in [-0.15, -0.1) is 0 Å². The number of thiocarbonyl (C=S) groups is 2. The lowest BCUT2D eigenvalue weighted by atomic mass is 10.1. The Kier molecular flexibility index (Phi) is 4.96. The molecule has 2 saturated carbocycles. The minimum atomic E-state index is -0.520. The number of carbonyl (C=O) groups excluding carboxylic acids is 1. The molecule has 0 bridgehead atoms. The summed E-state index contributed by atoms with van der Waals surface area (Å²) in [5.74, 6) is -0.946. The monoisotopic (exact) mass is 355 g/mol. The van der Waals surface area contributed by atoms with Gasteiger partial charge in [0.2, 0.25) is 5.91 Å². The van der Waals surface area contributed by atoms with Crippen molar-refractivity contribution in [2.75, 3.05) is 14.1 Å². The molecule has 1 amide bonds. The molecule has 2 fully saturated rings. The van der Waals surface area contributed by atoms with Crippen LogP contribution in [0.1, 0.15) is 46.0 Å². The number of amides is 1. The van der Waals surface area contributed by atoms with Crippen molar-refractivity contribution in [2.24, 2.45) is 15.9 Å². The molecule has 0 unspecified atom stereocenters. The largest absolute Gasteiger partial charge is 0.860 e. The number of hydrogen-bond donors (Lipinski definition) is 1. The molecule has 0 aliphatic heterocycles. The summed E-state index contributed by atoms with van der Waals surface area (Å²) in [6, 6.07) is 0. The second-order valence-electron chi connectivity index (χ2n) is 7.02. The number of hydrazine groups is 1. The van der Waals surface area contributed by atoms with E-state index in [2.05, 4.69) is 17.5 Å². The second kappa shape index (κ2) is 6.32. The fourth-order valence-electron chi connectivity index (χ4n) is 2.26. The van der Waals surface area contributed by atoms with Crippen molar-refractivity contribution in [1.82, 2.24) is 15.4 Å². The summed E-state index contributed by atoms with van der Waals surface area (Å²) in [6.07, 6.45) is 3.76. The molecule has 0 heterocycles. The Morgan fingerprint density at radius 1 is 1.13 bits per heavy atom. The van der Waals surface area contributed by atoms with Gasteiger partial charge in [0.05, 0.1) is 6.42 Å². The van der Waals surface area contributed by atoms with Crippen molar-refractivity contribution in [2.45, 2.75) is 46.0 Å². The Labute approximate surface area is 147 Å². The molecule has 0 saturated heterocycles. The van der Waals surface area contributed by atoms with E-state index in [1.165, 1.54) is 10.0 Å². The van der Waals surface area contributed by atoms with E-state index in [1.54, 1.807) is 14.1 Å². The van der Waals surface area contributed by atoms with Gasteiger partial charge in [0, 0.05) is 24.9 Å². The lowest BCUT2D eigenvalue weighted by Crippen LogP contribution is -2.46. The van der Waals surface area contributed by atoms with Crippen LogP contribution in [0.4, 0.5) is 0 Å². The van der Waals surface area contributed by atoms with Crippen LogP contribution in [0.5, 0.6) is 0 Å². The van der Waals surface area contributed by atoms with Crippen LogP contribution in [0.2, 0.25) is 0 Å². The molecular formula is C15H23N4O2S2-. The number of hydrogen-bond acceptors (Lipinski definition) is 5. The number of nitrogens with one attached hydrogen (secondary N) is 1. The van der Waals surface area contributed by atoms with Gasteiger partial charge >= 0.3 is 0 Å². The fraction of sp³-hybridized carbons (Fsp3) is 0.733. The average Bonchev–Trinajstić information content (AvgIpc) is 3.37. The van der Waals surface area contributed by atoms with E-state index in [1.807, 2.05) is 6.92 Å². The van der Waals surface area contributed by atoms with Crippen LogP contribution in [-0.4, -0.2) is 45.9 Å². The molecule has 2 aliphatic rings. The van der Waals surface area contributed by atoms with Crippen LogP contribution in [0.15, 0.2) is 5.10 Å². The zero-order valence-corrected chi connectivity index (χ0v) is 15.6. The first-order chi connectivity index (χ1) is 10.6. The summed E-state index contributed by atoms with van der Waals surface area (Å²) < 4.78 is 0. The fourth-order valence-corrected chi connectivity index (χ4v) is 2.76. The Morgan fingerprint density at radius 3 is 2.09 bits per heavy atom. The normalized spacial score (nSPS) is 20.4. The lowest BCUT2D eigenvalue weighted by molar-refractivity contribution is -0.220. The number of nitrogens with zero attached hydrogens (tertiary/aromatic N) is 3. The molecule has 2 aliphatic carbocycles. The van der Waals surface area contributed by atoms with Gasteiger partial charge in [-0.25, -0.2) is 0 Å². The van der Waals surface area contributed by atoms with Gasteiger partial charge in [0.15, 0.2) is 0 Å². The van der Waals surface area contributed by atoms with Gasteiger partial charge in [-0.05, 0) is 31.6 Å². The van der Waals surface area contributed by atoms with Crippen molar-refractivity contribution in [3.63, 3.8) is 0 Å². The van der Waals surface area contributed by atoms with Gasteiger partial charge in [-0.1, -0.05) is 38.3 Å². The third-order valence-electron chi connectivity index (χ3n) is 4.50. The molecular weight excluding hydrogens is 332 g/mol. The SMILES string of the molecule is CN(/N=C(\[O-])CC(=O)NN(C)C(=S)C1(C)CC1)C(=S)C1(C)CC1. The highest BCUT2D eigenvalue weighted by atomic mass is 32.1. The van der Waals surface area contributed by atoms with Crippen LogP contribution < -0.4 is 10.5 Å². The van der Waals surface area contributed by atoms with Crippen LogP contribution in [-0.2, 0) is 4.79 Å². The zero-order valence-electron chi connectivity index (χ0n) is 14.0. The highest BCUT2D eigenvalue weighted by Gasteiger charge is 2.44. The Bertz CT molecular complexity index is 568. The van der Waals surface area contributed by atoms with Gasteiger partial charge in [0.1, 0.15) is 9.98 Å². The minimum absolute atomic E-state index is 0.00212. The first-order valence-electron chi connectivity index (χ1n) is 7.68. The highest BCUT2D eigenvalue weighted by molar-refractivity contribution is 7.80. The number of rotatable bonds is 5. The standard InChI is InChI=1S/C15H24N4O2S2/c1-14(5-6-14)12(22)18(3)16-10(20)9-11(21)17-19(4)13(23)15(2)7-8-15/h5-9H2,1-4H3,(H,16,20)(H,17,21)/p-1. The molecule has 0 spiro atoms.